The van der Waals surface area contributed by atoms with Crippen LogP contribution in [0.25, 0.3) is 0 Å². The normalized spacial score (nSPS) is 7.77. The number of hydrogen-bond donors (Lipinski definition) is 0. The van der Waals surface area contributed by atoms with Crippen LogP contribution in [-0.2, 0) is 38.5 Å². The monoisotopic (exact) mass is 463 g/mol. The second-order valence-electron chi connectivity index (χ2n) is 3.44. The van der Waals surface area contributed by atoms with Crippen LogP contribution in [0.2, 0.25) is 0 Å². The van der Waals surface area contributed by atoms with E-state index < -0.39 is 23.9 Å². The first-order chi connectivity index (χ1) is 9.20. The summed E-state index contributed by atoms with van der Waals surface area (Å²) < 4.78 is 0. The van der Waals surface area contributed by atoms with E-state index in [1.807, 2.05) is 0 Å². The van der Waals surface area contributed by atoms with Crippen LogP contribution in [0.3, 0.4) is 0 Å². The Morgan fingerprint density at radius 3 is 0.808 bits per heavy atom. The predicted octanol–water partition coefficient (Wildman–Crippen LogP) is -4.11. The molecule has 0 fully saturated rings. The van der Waals surface area contributed by atoms with Crippen molar-refractivity contribution < 1.29 is 55.0 Å². The molecule has 0 spiro atoms. The average Bonchev–Trinajstić information content (AvgIpc) is 2.22. The summed E-state index contributed by atoms with van der Waals surface area (Å²) >= 11 is 0. The molecule has 13 nitrogen and oxygen atoms in total. The molecule has 0 aromatic rings. The average molecular weight is 464 g/mol. The van der Waals surface area contributed by atoms with E-state index >= 15 is 0 Å². The Bertz CT molecular complexity index is 332. The van der Waals surface area contributed by atoms with Crippen LogP contribution in [-0.4, -0.2) is 218 Å². The number of hydrogen-bond acceptors (Lipinski definition) is 10. The molecule has 16 heteroatoms. The fourth-order valence-electron chi connectivity index (χ4n) is 0.957. The molecular formula is C10H22K3N2O11. The second-order valence-corrected chi connectivity index (χ2v) is 3.44. The van der Waals surface area contributed by atoms with E-state index in [-0.39, 0.29) is 184 Å². The van der Waals surface area contributed by atoms with E-state index in [4.69, 9.17) is 0 Å². The molecule has 26 heavy (non-hydrogen) atoms. The summed E-state index contributed by atoms with van der Waals surface area (Å²) in [6, 6.07) is 0. The van der Waals surface area contributed by atoms with Gasteiger partial charge in [-0.2, -0.15) is 0 Å². The topological polar surface area (TPSA) is 206 Å². The third kappa shape index (κ3) is 31.3. The van der Waals surface area contributed by atoms with Gasteiger partial charge in [-0.05, 0) is 0 Å². The van der Waals surface area contributed by atoms with Crippen molar-refractivity contribution in [1.29, 1.82) is 0 Å². The zero-order valence-corrected chi connectivity index (χ0v) is 25.4. The van der Waals surface area contributed by atoms with Crippen LogP contribution in [0, 0.1) is 0 Å². The Balaban J connectivity index is -0.000000120. The summed E-state index contributed by atoms with van der Waals surface area (Å²) in [5.41, 5.74) is 0. The molecule has 3 radical (unpaired) electrons. The van der Waals surface area contributed by atoms with Crippen LogP contribution in [0.1, 0.15) is 27.7 Å². The van der Waals surface area contributed by atoms with Gasteiger partial charge in [-0.1, -0.05) is 0 Å². The van der Waals surface area contributed by atoms with Crippen molar-refractivity contribution in [1.82, 2.24) is 10.5 Å². The second kappa shape index (κ2) is 27.6. The molecule has 0 aromatic heterocycles. The van der Waals surface area contributed by atoms with Crippen molar-refractivity contribution in [3.8, 4) is 0 Å². The minimum Gasteiger partial charge on any atom is -0.412 e. The van der Waals surface area contributed by atoms with Gasteiger partial charge in [0.1, 0.15) is 0 Å². The van der Waals surface area contributed by atoms with Crippen LogP contribution < -0.4 is 0 Å². The summed E-state index contributed by atoms with van der Waals surface area (Å²) in [6.45, 7) is 3.97. The minimum atomic E-state index is -0.724. The molecule has 141 valence electrons. The van der Waals surface area contributed by atoms with E-state index in [9.17, 15) is 19.2 Å². The third-order valence-corrected chi connectivity index (χ3v) is 1.39. The SMILES string of the molecule is CC(=O)ON(CCN(OC(C)=O)OC(C)=O)OC(C)=O.O.O.O.[K].[K].[K]. The molecule has 0 amide bonds. The maximum absolute atomic E-state index is 10.8. The number of rotatable bonds is 7. The van der Waals surface area contributed by atoms with Crippen molar-refractivity contribution in [2.75, 3.05) is 13.1 Å². The Labute approximate surface area is 278 Å². The molecular weight excluding hydrogens is 441 g/mol. The first-order valence-corrected chi connectivity index (χ1v) is 5.50. The van der Waals surface area contributed by atoms with E-state index in [0.29, 0.717) is 10.5 Å². The maximum Gasteiger partial charge on any atom is 0.326 e. The van der Waals surface area contributed by atoms with E-state index in [2.05, 4.69) is 19.4 Å². The first kappa shape index (κ1) is 46.7. The van der Waals surface area contributed by atoms with Gasteiger partial charge >= 0.3 is 23.9 Å². The van der Waals surface area contributed by atoms with Gasteiger partial charge < -0.3 is 35.8 Å². The van der Waals surface area contributed by atoms with Crippen LogP contribution in [0.5, 0.6) is 0 Å². The zero-order chi connectivity index (χ0) is 15.7. The molecule has 0 heterocycles. The van der Waals surface area contributed by atoms with Gasteiger partial charge in [0.25, 0.3) is 0 Å². The molecule has 0 unspecified atom stereocenters. The summed E-state index contributed by atoms with van der Waals surface area (Å²) in [5, 5.41) is 1.15. The van der Waals surface area contributed by atoms with Crippen molar-refractivity contribution in [3.63, 3.8) is 0 Å². The predicted molar refractivity (Wildman–Crippen MR) is 88.6 cm³/mol. The molecule has 0 bridgehead atoms. The van der Waals surface area contributed by atoms with E-state index in [1.165, 1.54) is 0 Å². The number of hydroxylamine groups is 4. The van der Waals surface area contributed by atoms with Gasteiger partial charge in [0.2, 0.25) is 0 Å². The summed E-state index contributed by atoms with van der Waals surface area (Å²) in [6.07, 6.45) is 0. The number of nitrogens with zero attached hydrogens (tertiary/aromatic N) is 2. The van der Waals surface area contributed by atoms with Gasteiger partial charge in [-0.15, -0.1) is 0 Å². The van der Waals surface area contributed by atoms with Gasteiger partial charge in [0.15, 0.2) is 0 Å². The summed E-state index contributed by atoms with van der Waals surface area (Å²) in [7, 11) is 0. The molecule has 0 aliphatic carbocycles. The van der Waals surface area contributed by atoms with Gasteiger partial charge in [-0.25, -0.2) is 0 Å². The minimum absolute atomic E-state index is 0. The van der Waals surface area contributed by atoms with Crippen LogP contribution >= 0.6 is 0 Å². The Morgan fingerprint density at radius 1 is 0.538 bits per heavy atom. The molecule has 0 saturated carbocycles. The standard InChI is InChI=1S/C10H16N2O8.3K.3H2O/c1-7(13)17-11(18-8(2)14)5-6-12(19-9(3)15)20-10(4)16;;;;;;/h5-6H2,1-4H3;;;;3*1H2. The van der Waals surface area contributed by atoms with Gasteiger partial charge in [0.05, 0.1) is 13.1 Å². The number of carbonyl (C=O) groups excluding carboxylic acids is 4. The molecule has 0 rings (SSSR count). The van der Waals surface area contributed by atoms with Crippen molar-refractivity contribution in [3.05, 3.63) is 0 Å². The zero-order valence-electron chi connectivity index (χ0n) is 16.1. The Hall–Kier alpha value is 2.59. The first-order valence-electron chi connectivity index (χ1n) is 5.50. The molecule has 0 saturated heterocycles. The smallest absolute Gasteiger partial charge is 0.326 e. The van der Waals surface area contributed by atoms with Crippen LogP contribution in [0.15, 0.2) is 0 Å². The quantitative estimate of drug-likeness (QED) is 0.263. The third-order valence-electron chi connectivity index (χ3n) is 1.39. The molecule has 0 aliphatic rings. The van der Waals surface area contributed by atoms with Gasteiger partial charge in [-0.3, -0.25) is 19.2 Å². The fourth-order valence-corrected chi connectivity index (χ4v) is 0.957. The summed E-state index contributed by atoms with van der Waals surface area (Å²) in [4.78, 5) is 61.4. The maximum atomic E-state index is 10.8. The molecule has 0 aromatic carbocycles. The van der Waals surface area contributed by atoms with Crippen molar-refractivity contribution >= 4 is 178 Å². The number of carbonyl (C=O) groups is 4. The van der Waals surface area contributed by atoms with Crippen molar-refractivity contribution in [2.45, 2.75) is 27.7 Å². The largest absolute Gasteiger partial charge is 0.412 e. The Morgan fingerprint density at radius 2 is 0.692 bits per heavy atom. The van der Waals surface area contributed by atoms with Crippen LogP contribution in [0.4, 0.5) is 0 Å². The Kier molecular flexibility index (Phi) is 49.5. The van der Waals surface area contributed by atoms with E-state index in [1.54, 1.807) is 0 Å². The molecule has 0 atom stereocenters. The molecule has 6 N–H and O–H groups in total. The molecule has 0 aliphatic heterocycles. The van der Waals surface area contributed by atoms with E-state index in [0.717, 1.165) is 27.7 Å². The van der Waals surface area contributed by atoms with Crippen molar-refractivity contribution in [2.24, 2.45) is 0 Å². The van der Waals surface area contributed by atoms with Gasteiger partial charge in [0, 0.05) is 192 Å². The summed E-state index contributed by atoms with van der Waals surface area (Å²) in [5.74, 6) is -2.90. The fraction of sp³-hybridized carbons (Fsp3) is 0.600.